The Morgan fingerprint density at radius 3 is 2.23 bits per heavy atom. The molecule has 3 aromatic rings. The lowest BCUT2D eigenvalue weighted by atomic mass is 10.1. The first-order chi connectivity index (χ1) is 18.7. The molecule has 1 atom stereocenters. The van der Waals surface area contributed by atoms with Crippen molar-refractivity contribution in [3.8, 4) is 0 Å². The Morgan fingerprint density at radius 2 is 1.62 bits per heavy atom. The number of nitro benzene ring substituents is 1. The second kappa shape index (κ2) is 12.2. The zero-order valence-corrected chi connectivity index (χ0v) is 23.4. The van der Waals surface area contributed by atoms with E-state index < -0.39 is 50.7 Å². The summed E-state index contributed by atoms with van der Waals surface area (Å²) < 4.78 is 42.8. The molecule has 0 radical (unpaired) electrons. The number of hydrogen-bond donors (Lipinski definition) is 1. The van der Waals surface area contributed by atoms with Crippen molar-refractivity contribution in [3.63, 3.8) is 0 Å². The SMILES string of the molecule is CC(C(=O)NC(C)(C)C)N(Cc1ccccc1F)C(=O)CN(c1cccc([N+](=O)[O-])c1)S(=O)(=O)c1ccccc1. The lowest BCUT2D eigenvalue weighted by molar-refractivity contribution is -0.384. The first kappa shape index (κ1) is 30.2. The molecule has 0 fully saturated rings. The molecule has 0 aliphatic heterocycles. The van der Waals surface area contributed by atoms with Gasteiger partial charge in [-0.2, -0.15) is 0 Å². The molecule has 10 nitrogen and oxygen atoms in total. The molecule has 0 aliphatic rings. The Bertz CT molecular complexity index is 1490. The largest absolute Gasteiger partial charge is 0.350 e. The van der Waals surface area contributed by atoms with Crippen LogP contribution in [0.3, 0.4) is 0 Å². The van der Waals surface area contributed by atoms with E-state index in [1.807, 2.05) is 0 Å². The molecule has 0 bridgehead atoms. The number of non-ortho nitro benzene ring substituents is 1. The summed E-state index contributed by atoms with van der Waals surface area (Å²) in [5.74, 6) is -1.94. The van der Waals surface area contributed by atoms with Crippen molar-refractivity contribution in [1.82, 2.24) is 10.2 Å². The standard InChI is InChI=1S/C28H31FN4O6S/c1-20(27(35)30-28(2,3)4)31(18-21-11-8-9-16-25(21)29)26(34)19-32(22-12-10-13-23(17-22)33(36)37)40(38,39)24-14-6-5-7-15-24/h5-17,20H,18-19H2,1-4H3,(H,30,35). The Morgan fingerprint density at radius 1 is 1.00 bits per heavy atom. The number of benzene rings is 3. The van der Waals surface area contributed by atoms with Gasteiger partial charge < -0.3 is 10.2 Å². The first-order valence-electron chi connectivity index (χ1n) is 12.4. The second-order valence-corrected chi connectivity index (χ2v) is 12.0. The number of carbonyl (C=O) groups is 2. The summed E-state index contributed by atoms with van der Waals surface area (Å²) in [5, 5.41) is 14.2. The highest BCUT2D eigenvalue weighted by Gasteiger charge is 2.34. The highest BCUT2D eigenvalue weighted by atomic mass is 32.2. The normalized spacial score (nSPS) is 12.3. The van der Waals surface area contributed by atoms with Crippen LogP contribution in [0.5, 0.6) is 0 Å². The predicted octanol–water partition coefficient (Wildman–Crippen LogP) is 4.26. The third kappa shape index (κ3) is 7.41. The monoisotopic (exact) mass is 570 g/mol. The van der Waals surface area contributed by atoms with Crippen LogP contribution in [0.1, 0.15) is 33.3 Å². The van der Waals surface area contributed by atoms with Crippen molar-refractivity contribution in [1.29, 1.82) is 0 Å². The fourth-order valence-corrected chi connectivity index (χ4v) is 5.30. The number of hydrogen-bond acceptors (Lipinski definition) is 6. The first-order valence-corrected chi connectivity index (χ1v) is 13.8. The molecular formula is C28H31FN4O6S. The quantitative estimate of drug-likeness (QED) is 0.286. The van der Waals surface area contributed by atoms with Crippen LogP contribution in [-0.2, 0) is 26.2 Å². The zero-order valence-electron chi connectivity index (χ0n) is 22.6. The van der Waals surface area contributed by atoms with Gasteiger partial charge in [0.1, 0.15) is 18.4 Å². The second-order valence-electron chi connectivity index (χ2n) is 10.1. The molecule has 0 saturated heterocycles. The number of halogens is 1. The molecule has 1 unspecified atom stereocenters. The Hall–Kier alpha value is -4.32. The summed E-state index contributed by atoms with van der Waals surface area (Å²) in [6.07, 6.45) is 0. The smallest absolute Gasteiger partial charge is 0.271 e. The summed E-state index contributed by atoms with van der Waals surface area (Å²) in [4.78, 5) is 38.6. The van der Waals surface area contributed by atoms with Gasteiger partial charge in [0.15, 0.2) is 0 Å². The van der Waals surface area contributed by atoms with Crippen LogP contribution in [-0.4, -0.2) is 48.2 Å². The molecule has 212 valence electrons. The molecular weight excluding hydrogens is 539 g/mol. The average Bonchev–Trinajstić information content (AvgIpc) is 2.90. The number of nitro groups is 1. The van der Waals surface area contributed by atoms with E-state index in [1.54, 1.807) is 32.9 Å². The molecule has 2 amide bonds. The van der Waals surface area contributed by atoms with Gasteiger partial charge >= 0.3 is 0 Å². The molecule has 0 aliphatic carbocycles. The lowest BCUT2D eigenvalue weighted by Crippen LogP contribution is -2.54. The fraction of sp³-hybridized carbons (Fsp3) is 0.286. The average molecular weight is 571 g/mol. The molecule has 1 N–H and O–H groups in total. The minimum atomic E-state index is -4.39. The van der Waals surface area contributed by atoms with Gasteiger partial charge in [-0.05, 0) is 52.0 Å². The minimum Gasteiger partial charge on any atom is -0.350 e. The maximum Gasteiger partial charge on any atom is 0.271 e. The Balaban J connectivity index is 2.08. The van der Waals surface area contributed by atoms with Gasteiger partial charge in [0.05, 0.1) is 15.5 Å². The number of sulfonamides is 1. The van der Waals surface area contributed by atoms with E-state index >= 15 is 0 Å². The molecule has 3 rings (SSSR count). The number of anilines is 1. The van der Waals surface area contributed by atoms with E-state index in [9.17, 15) is 32.5 Å². The molecule has 40 heavy (non-hydrogen) atoms. The molecule has 3 aromatic carbocycles. The van der Waals surface area contributed by atoms with Gasteiger partial charge in [0.25, 0.3) is 15.7 Å². The van der Waals surface area contributed by atoms with Crippen molar-refractivity contribution in [2.75, 3.05) is 10.8 Å². The van der Waals surface area contributed by atoms with Crippen LogP contribution < -0.4 is 9.62 Å². The van der Waals surface area contributed by atoms with Crippen LogP contribution in [0, 0.1) is 15.9 Å². The number of carbonyl (C=O) groups excluding carboxylic acids is 2. The topological polar surface area (TPSA) is 130 Å². The number of amides is 2. The zero-order chi connectivity index (χ0) is 29.7. The Labute approximate surface area is 232 Å². The number of nitrogens with zero attached hydrogens (tertiary/aromatic N) is 3. The molecule has 12 heteroatoms. The van der Waals surface area contributed by atoms with Crippen molar-refractivity contribution in [2.24, 2.45) is 0 Å². The van der Waals surface area contributed by atoms with Crippen LogP contribution in [0.15, 0.2) is 83.8 Å². The van der Waals surface area contributed by atoms with Crippen molar-refractivity contribution in [2.45, 2.75) is 50.7 Å². The summed E-state index contributed by atoms with van der Waals surface area (Å²) in [7, 11) is -4.39. The summed E-state index contributed by atoms with van der Waals surface area (Å²) in [6, 6.07) is 16.8. The molecule has 0 saturated carbocycles. The third-order valence-corrected chi connectivity index (χ3v) is 7.69. The van der Waals surface area contributed by atoms with E-state index in [2.05, 4.69) is 5.32 Å². The van der Waals surface area contributed by atoms with Crippen LogP contribution in [0.4, 0.5) is 15.8 Å². The van der Waals surface area contributed by atoms with Crippen molar-refractivity contribution in [3.05, 3.63) is 100 Å². The Kier molecular flexibility index (Phi) is 9.25. The van der Waals surface area contributed by atoms with E-state index in [4.69, 9.17) is 0 Å². The van der Waals surface area contributed by atoms with E-state index in [0.717, 1.165) is 15.3 Å². The highest BCUT2D eigenvalue weighted by Crippen LogP contribution is 2.27. The highest BCUT2D eigenvalue weighted by molar-refractivity contribution is 7.92. The fourth-order valence-electron chi connectivity index (χ4n) is 3.88. The molecule has 0 aromatic heterocycles. The van der Waals surface area contributed by atoms with E-state index in [1.165, 1.54) is 67.6 Å². The van der Waals surface area contributed by atoms with Gasteiger partial charge in [0, 0.05) is 29.8 Å². The van der Waals surface area contributed by atoms with Gasteiger partial charge in [0.2, 0.25) is 11.8 Å². The van der Waals surface area contributed by atoms with Gasteiger partial charge in [-0.1, -0.05) is 42.5 Å². The number of rotatable bonds is 10. The van der Waals surface area contributed by atoms with Gasteiger partial charge in [-0.15, -0.1) is 0 Å². The summed E-state index contributed by atoms with van der Waals surface area (Å²) in [6.45, 7) is 5.62. The maximum atomic E-state index is 14.6. The minimum absolute atomic E-state index is 0.121. The van der Waals surface area contributed by atoms with E-state index in [-0.39, 0.29) is 28.4 Å². The number of nitrogens with one attached hydrogen (secondary N) is 1. The van der Waals surface area contributed by atoms with Crippen LogP contribution >= 0.6 is 0 Å². The third-order valence-electron chi connectivity index (χ3n) is 5.90. The lowest BCUT2D eigenvalue weighted by Gasteiger charge is -2.33. The van der Waals surface area contributed by atoms with Gasteiger partial charge in [-0.3, -0.25) is 24.0 Å². The van der Waals surface area contributed by atoms with Crippen LogP contribution in [0.25, 0.3) is 0 Å². The molecule has 0 spiro atoms. The maximum absolute atomic E-state index is 14.6. The van der Waals surface area contributed by atoms with E-state index in [0.29, 0.717) is 0 Å². The molecule has 0 heterocycles. The summed E-state index contributed by atoms with van der Waals surface area (Å²) in [5.41, 5.74) is -1.01. The van der Waals surface area contributed by atoms with Crippen molar-refractivity contribution >= 4 is 33.2 Å². The van der Waals surface area contributed by atoms with Crippen molar-refractivity contribution < 1.29 is 27.3 Å². The van der Waals surface area contributed by atoms with Crippen LogP contribution in [0.2, 0.25) is 0 Å². The summed E-state index contributed by atoms with van der Waals surface area (Å²) >= 11 is 0. The predicted molar refractivity (Wildman–Crippen MR) is 148 cm³/mol. The van der Waals surface area contributed by atoms with Gasteiger partial charge in [-0.25, -0.2) is 12.8 Å².